The lowest BCUT2D eigenvalue weighted by Gasteiger charge is -2.22. The molecule has 3 heterocycles. The predicted octanol–water partition coefficient (Wildman–Crippen LogP) is 3.71. The van der Waals surface area contributed by atoms with Crippen LogP contribution in [0.3, 0.4) is 0 Å². The Bertz CT molecular complexity index is 866. The predicted molar refractivity (Wildman–Crippen MR) is 94.7 cm³/mol. The van der Waals surface area contributed by atoms with Gasteiger partial charge in [-0.1, -0.05) is 18.2 Å². The zero-order valence-corrected chi connectivity index (χ0v) is 14.2. The van der Waals surface area contributed by atoms with Crippen molar-refractivity contribution in [2.24, 2.45) is 0 Å². The Balaban J connectivity index is 1.59. The van der Waals surface area contributed by atoms with Crippen LogP contribution in [0, 0.1) is 0 Å². The van der Waals surface area contributed by atoms with Gasteiger partial charge in [-0.2, -0.15) is 0 Å². The van der Waals surface area contributed by atoms with Crippen LogP contribution in [0.4, 0.5) is 0 Å². The number of benzene rings is 1. The summed E-state index contributed by atoms with van der Waals surface area (Å²) in [5.41, 5.74) is 1.99. The van der Waals surface area contributed by atoms with Gasteiger partial charge in [-0.3, -0.25) is 9.78 Å². The van der Waals surface area contributed by atoms with Gasteiger partial charge < -0.3 is 14.4 Å². The van der Waals surface area contributed by atoms with Crippen LogP contribution in [0.2, 0.25) is 0 Å². The smallest absolute Gasteiger partial charge is 0.264 e. The molecule has 2 aromatic heterocycles. The molecule has 1 aliphatic heterocycles. The number of carbonyl (C=O) groups is 1. The molecule has 0 fully saturated rings. The normalized spacial score (nSPS) is 12.2. The quantitative estimate of drug-likeness (QED) is 0.702. The topological polar surface area (TPSA) is 51.7 Å². The van der Waals surface area contributed by atoms with E-state index in [1.165, 1.54) is 11.3 Å². The molecule has 1 aromatic carbocycles. The SMILES string of the molecule is O=C(c1cccs1)N(Cc1cccnc1)Cc1ccc2c(c1)OCO2. The highest BCUT2D eigenvalue weighted by molar-refractivity contribution is 7.12. The van der Waals surface area contributed by atoms with Crippen LogP contribution in [-0.4, -0.2) is 22.6 Å². The number of hydrogen-bond acceptors (Lipinski definition) is 5. The van der Waals surface area contributed by atoms with Crippen LogP contribution < -0.4 is 9.47 Å². The average molecular weight is 352 g/mol. The molecule has 126 valence electrons. The molecule has 6 heteroatoms. The molecule has 1 aliphatic rings. The summed E-state index contributed by atoms with van der Waals surface area (Å²) in [6.07, 6.45) is 3.51. The summed E-state index contributed by atoms with van der Waals surface area (Å²) in [5.74, 6) is 1.48. The standard InChI is InChI=1S/C19H16N2O3S/c22-19(18-4-2-8-25-18)21(12-15-3-1-7-20-10-15)11-14-5-6-16-17(9-14)24-13-23-16/h1-10H,11-13H2. The second-order valence-electron chi connectivity index (χ2n) is 5.69. The maximum atomic E-state index is 12.9. The van der Waals surface area contributed by atoms with E-state index in [0.717, 1.165) is 27.5 Å². The maximum absolute atomic E-state index is 12.9. The molecular weight excluding hydrogens is 336 g/mol. The molecule has 0 atom stereocenters. The number of rotatable bonds is 5. The second-order valence-corrected chi connectivity index (χ2v) is 6.64. The van der Waals surface area contributed by atoms with E-state index in [4.69, 9.17) is 9.47 Å². The summed E-state index contributed by atoms with van der Waals surface area (Å²) < 4.78 is 10.8. The van der Waals surface area contributed by atoms with Crippen molar-refractivity contribution in [3.8, 4) is 11.5 Å². The minimum Gasteiger partial charge on any atom is -0.454 e. The molecule has 0 saturated carbocycles. The number of pyridine rings is 1. The minimum atomic E-state index is 0.0107. The zero-order chi connectivity index (χ0) is 17.1. The van der Waals surface area contributed by atoms with Gasteiger partial charge in [-0.15, -0.1) is 11.3 Å². The molecule has 0 spiro atoms. The third-order valence-corrected chi connectivity index (χ3v) is 4.78. The summed E-state index contributed by atoms with van der Waals surface area (Å²) in [4.78, 5) is 19.6. The van der Waals surface area contributed by atoms with Crippen LogP contribution in [0.25, 0.3) is 0 Å². The number of ether oxygens (including phenoxy) is 2. The van der Waals surface area contributed by atoms with Gasteiger partial charge in [-0.25, -0.2) is 0 Å². The number of hydrogen-bond donors (Lipinski definition) is 0. The number of amides is 1. The van der Waals surface area contributed by atoms with E-state index in [-0.39, 0.29) is 12.7 Å². The highest BCUT2D eigenvalue weighted by atomic mass is 32.1. The number of thiophene rings is 1. The van der Waals surface area contributed by atoms with Gasteiger partial charge in [-0.05, 0) is 40.8 Å². The zero-order valence-electron chi connectivity index (χ0n) is 13.4. The first-order valence-corrected chi connectivity index (χ1v) is 8.78. The Morgan fingerprint density at radius 3 is 2.76 bits per heavy atom. The van der Waals surface area contributed by atoms with Gasteiger partial charge in [0, 0.05) is 25.5 Å². The van der Waals surface area contributed by atoms with Crippen LogP contribution in [-0.2, 0) is 13.1 Å². The van der Waals surface area contributed by atoms with Crippen LogP contribution in [0.1, 0.15) is 20.8 Å². The molecular formula is C19H16N2O3S. The largest absolute Gasteiger partial charge is 0.454 e. The Morgan fingerprint density at radius 2 is 1.96 bits per heavy atom. The lowest BCUT2D eigenvalue weighted by Crippen LogP contribution is -2.29. The molecule has 4 rings (SSSR count). The van der Waals surface area contributed by atoms with Crippen molar-refractivity contribution in [1.82, 2.24) is 9.88 Å². The molecule has 0 radical (unpaired) electrons. The monoisotopic (exact) mass is 352 g/mol. The van der Waals surface area contributed by atoms with Crippen LogP contribution in [0.15, 0.2) is 60.2 Å². The number of carbonyl (C=O) groups excluding carboxylic acids is 1. The van der Waals surface area contributed by atoms with E-state index in [1.807, 2.05) is 52.7 Å². The fourth-order valence-corrected chi connectivity index (χ4v) is 3.42. The van der Waals surface area contributed by atoms with Gasteiger partial charge in [0.2, 0.25) is 6.79 Å². The minimum absolute atomic E-state index is 0.0107. The van der Waals surface area contributed by atoms with E-state index >= 15 is 0 Å². The van der Waals surface area contributed by atoms with E-state index in [0.29, 0.717) is 13.1 Å². The van der Waals surface area contributed by atoms with Crippen molar-refractivity contribution in [2.75, 3.05) is 6.79 Å². The van der Waals surface area contributed by atoms with Gasteiger partial charge in [0.1, 0.15) is 0 Å². The van der Waals surface area contributed by atoms with E-state index in [9.17, 15) is 4.79 Å². The first-order valence-electron chi connectivity index (χ1n) is 7.90. The highest BCUT2D eigenvalue weighted by Gasteiger charge is 2.20. The van der Waals surface area contributed by atoms with E-state index in [2.05, 4.69) is 4.98 Å². The number of nitrogens with zero attached hydrogens (tertiary/aromatic N) is 2. The van der Waals surface area contributed by atoms with Crippen molar-refractivity contribution in [3.05, 3.63) is 76.2 Å². The highest BCUT2D eigenvalue weighted by Crippen LogP contribution is 2.33. The van der Waals surface area contributed by atoms with E-state index < -0.39 is 0 Å². The lowest BCUT2D eigenvalue weighted by molar-refractivity contribution is 0.0734. The maximum Gasteiger partial charge on any atom is 0.264 e. The molecule has 25 heavy (non-hydrogen) atoms. The summed E-state index contributed by atoms with van der Waals surface area (Å²) in [7, 11) is 0. The average Bonchev–Trinajstić information content (AvgIpc) is 3.33. The van der Waals surface area contributed by atoms with Crippen molar-refractivity contribution in [2.45, 2.75) is 13.1 Å². The molecule has 5 nitrogen and oxygen atoms in total. The van der Waals surface area contributed by atoms with Gasteiger partial charge >= 0.3 is 0 Å². The summed E-state index contributed by atoms with van der Waals surface area (Å²) in [6.45, 7) is 1.23. The molecule has 1 amide bonds. The number of aromatic nitrogens is 1. The molecule has 0 saturated heterocycles. The molecule has 0 N–H and O–H groups in total. The van der Waals surface area contributed by atoms with Gasteiger partial charge in [0.15, 0.2) is 11.5 Å². The van der Waals surface area contributed by atoms with Crippen LogP contribution in [0.5, 0.6) is 11.5 Å². The molecule has 0 unspecified atom stereocenters. The second kappa shape index (κ2) is 6.94. The Hall–Kier alpha value is -2.86. The first-order chi connectivity index (χ1) is 12.3. The molecule has 3 aromatic rings. The summed E-state index contributed by atoms with van der Waals surface area (Å²) in [6, 6.07) is 13.4. The lowest BCUT2D eigenvalue weighted by atomic mass is 10.1. The van der Waals surface area contributed by atoms with Gasteiger partial charge in [0.05, 0.1) is 4.88 Å². The van der Waals surface area contributed by atoms with Crippen LogP contribution >= 0.6 is 11.3 Å². The molecule has 0 aliphatic carbocycles. The number of fused-ring (bicyclic) bond motifs is 1. The fourth-order valence-electron chi connectivity index (χ4n) is 2.73. The summed E-state index contributed by atoms with van der Waals surface area (Å²) >= 11 is 1.45. The van der Waals surface area contributed by atoms with Crippen molar-refractivity contribution < 1.29 is 14.3 Å². The summed E-state index contributed by atoms with van der Waals surface area (Å²) in [5, 5.41) is 1.91. The molecule has 0 bridgehead atoms. The third-order valence-electron chi connectivity index (χ3n) is 3.93. The van der Waals surface area contributed by atoms with E-state index in [1.54, 1.807) is 12.4 Å². The van der Waals surface area contributed by atoms with Crippen molar-refractivity contribution >= 4 is 17.2 Å². The van der Waals surface area contributed by atoms with Gasteiger partial charge in [0.25, 0.3) is 5.91 Å². The Kier molecular flexibility index (Phi) is 4.35. The van der Waals surface area contributed by atoms with Crippen molar-refractivity contribution in [3.63, 3.8) is 0 Å². The third kappa shape index (κ3) is 3.49. The Labute approximate surface area is 149 Å². The fraction of sp³-hybridized carbons (Fsp3) is 0.158. The Morgan fingerprint density at radius 1 is 1.08 bits per heavy atom. The first kappa shape index (κ1) is 15.7. The van der Waals surface area contributed by atoms with Crippen molar-refractivity contribution in [1.29, 1.82) is 0 Å².